The van der Waals surface area contributed by atoms with Crippen molar-refractivity contribution in [3.8, 4) is 0 Å². The second-order valence-electron chi connectivity index (χ2n) is 7.76. The maximum absolute atomic E-state index is 13.0. The summed E-state index contributed by atoms with van der Waals surface area (Å²) in [5.74, 6) is 0.545. The smallest absolute Gasteiger partial charge is 0.379 e. The Morgan fingerprint density at radius 3 is 2.83 bits per heavy atom. The number of halogens is 3. The van der Waals surface area contributed by atoms with E-state index in [1.165, 1.54) is 12.1 Å². The third kappa shape index (κ3) is 4.84. The third-order valence-electron chi connectivity index (χ3n) is 5.73. The Hall–Kier alpha value is -2.39. The van der Waals surface area contributed by atoms with Gasteiger partial charge in [0.15, 0.2) is 0 Å². The van der Waals surface area contributed by atoms with Gasteiger partial charge in [0, 0.05) is 51.3 Å². The van der Waals surface area contributed by atoms with E-state index in [1.807, 2.05) is 4.57 Å². The third-order valence-corrected chi connectivity index (χ3v) is 5.73. The lowest BCUT2D eigenvalue weighted by Crippen LogP contribution is -2.41. The average Bonchev–Trinajstić information content (AvgIpc) is 3.17. The van der Waals surface area contributed by atoms with Crippen molar-refractivity contribution in [3.63, 3.8) is 0 Å². The highest BCUT2D eigenvalue weighted by molar-refractivity contribution is 5.92. The summed E-state index contributed by atoms with van der Waals surface area (Å²) in [5, 5.41) is 2.90. The van der Waals surface area contributed by atoms with Crippen LogP contribution in [0.25, 0.3) is 0 Å². The van der Waals surface area contributed by atoms with E-state index in [1.54, 1.807) is 12.3 Å². The molecule has 1 N–H and O–H groups in total. The summed E-state index contributed by atoms with van der Waals surface area (Å²) < 4.78 is 46.3. The van der Waals surface area contributed by atoms with Gasteiger partial charge in [-0.2, -0.15) is 13.2 Å². The predicted molar refractivity (Wildman–Crippen MR) is 104 cm³/mol. The molecular formula is C21H25F3N4O2. The van der Waals surface area contributed by atoms with E-state index in [-0.39, 0.29) is 11.8 Å². The zero-order valence-corrected chi connectivity index (χ0v) is 16.6. The van der Waals surface area contributed by atoms with Gasteiger partial charge in [0.25, 0.3) is 5.91 Å². The lowest BCUT2D eigenvalue weighted by atomic mass is 9.90. The Morgan fingerprint density at radius 2 is 2.07 bits per heavy atom. The van der Waals surface area contributed by atoms with Crippen molar-refractivity contribution in [2.24, 2.45) is 0 Å². The molecule has 0 spiro atoms. The fourth-order valence-electron chi connectivity index (χ4n) is 4.04. The maximum Gasteiger partial charge on any atom is 0.416 e. The number of hydrogen-bond donors (Lipinski definition) is 1. The lowest BCUT2D eigenvalue weighted by Gasteiger charge is -2.26. The van der Waals surface area contributed by atoms with Crippen molar-refractivity contribution in [1.82, 2.24) is 19.8 Å². The minimum atomic E-state index is -4.35. The number of nitrogens with zero attached hydrogens (tertiary/aromatic N) is 3. The number of carbonyl (C=O) groups is 1. The molecule has 1 aromatic carbocycles. The molecule has 1 amide bonds. The summed E-state index contributed by atoms with van der Waals surface area (Å²) in [5.41, 5.74) is 0.397. The van der Waals surface area contributed by atoms with Gasteiger partial charge < -0.3 is 14.6 Å². The SMILES string of the molecule is O=C(NCCN1CCOCC1)c1cn2c(n1)CCC(c1cccc(C(F)(F)F)c1)C2. The highest BCUT2D eigenvalue weighted by Crippen LogP contribution is 2.34. The molecule has 2 aromatic rings. The van der Waals surface area contributed by atoms with Crippen molar-refractivity contribution >= 4 is 5.91 Å². The first kappa shape index (κ1) is 20.9. The number of ether oxygens (including phenoxy) is 1. The number of aromatic nitrogens is 2. The number of imidazole rings is 1. The van der Waals surface area contributed by atoms with Gasteiger partial charge in [-0.05, 0) is 18.1 Å². The van der Waals surface area contributed by atoms with E-state index >= 15 is 0 Å². The van der Waals surface area contributed by atoms with Gasteiger partial charge >= 0.3 is 6.18 Å². The average molecular weight is 422 g/mol. The van der Waals surface area contributed by atoms with Crippen LogP contribution in [0.15, 0.2) is 30.5 Å². The molecule has 0 bridgehead atoms. The van der Waals surface area contributed by atoms with Gasteiger partial charge in [-0.1, -0.05) is 18.2 Å². The van der Waals surface area contributed by atoms with Gasteiger partial charge in [0.1, 0.15) is 11.5 Å². The predicted octanol–water partition coefficient (Wildman–Crippen LogP) is 2.69. The molecule has 30 heavy (non-hydrogen) atoms. The summed E-state index contributed by atoms with van der Waals surface area (Å²) >= 11 is 0. The topological polar surface area (TPSA) is 59.4 Å². The molecule has 2 aliphatic heterocycles. The summed E-state index contributed by atoms with van der Waals surface area (Å²) in [7, 11) is 0. The number of alkyl halides is 3. The standard InChI is InChI=1S/C21H25F3N4O2/c22-21(23,24)17-3-1-2-15(12-17)16-4-5-19-26-18(14-28(19)13-16)20(29)25-6-7-27-8-10-30-11-9-27/h1-3,12,14,16H,4-11,13H2,(H,25,29). The first-order valence-electron chi connectivity index (χ1n) is 10.2. The van der Waals surface area contributed by atoms with E-state index in [0.717, 1.165) is 44.7 Å². The summed E-state index contributed by atoms with van der Waals surface area (Å²) in [6, 6.07) is 5.51. The van der Waals surface area contributed by atoms with Crippen LogP contribution >= 0.6 is 0 Å². The fraction of sp³-hybridized carbons (Fsp3) is 0.524. The number of rotatable bonds is 5. The van der Waals surface area contributed by atoms with Gasteiger partial charge in [0.05, 0.1) is 18.8 Å². The first-order valence-corrected chi connectivity index (χ1v) is 10.2. The lowest BCUT2D eigenvalue weighted by molar-refractivity contribution is -0.137. The minimum absolute atomic E-state index is 0.0359. The molecule has 1 saturated heterocycles. The molecule has 6 nitrogen and oxygen atoms in total. The molecule has 162 valence electrons. The number of benzene rings is 1. The zero-order valence-electron chi connectivity index (χ0n) is 16.6. The molecule has 1 atom stereocenters. The number of amides is 1. The number of carbonyl (C=O) groups excluding carboxylic acids is 1. The van der Waals surface area contributed by atoms with Gasteiger partial charge in [-0.3, -0.25) is 9.69 Å². The van der Waals surface area contributed by atoms with Crippen LogP contribution in [0.4, 0.5) is 13.2 Å². The quantitative estimate of drug-likeness (QED) is 0.805. The van der Waals surface area contributed by atoms with Gasteiger partial charge in [-0.15, -0.1) is 0 Å². The fourth-order valence-corrected chi connectivity index (χ4v) is 4.04. The van der Waals surface area contributed by atoms with Crippen LogP contribution in [0, 0.1) is 0 Å². The Labute approximate surface area is 173 Å². The number of fused-ring (bicyclic) bond motifs is 1. The van der Waals surface area contributed by atoms with Crippen molar-refractivity contribution in [1.29, 1.82) is 0 Å². The molecule has 4 rings (SSSR count). The van der Waals surface area contributed by atoms with E-state index in [0.29, 0.717) is 37.2 Å². The number of aryl methyl sites for hydroxylation is 1. The Balaban J connectivity index is 1.36. The summed E-state index contributed by atoms with van der Waals surface area (Å²) in [6.45, 7) is 4.99. The molecule has 0 radical (unpaired) electrons. The second-order valence-corrected chi connectivity index (χ2v) is 7.76. The first-order chi connectivity index (χ1) is 14.4. The van der Waals surface area contributed by atoms with Crippen molar-refractivity contribution in [2.45, 2.75) is 31.5 Å². The van der Waals surface area contributed by atoms with Crippen LogP contribution in [0.2, 0.25) is 0 Å². The van der Waals surface area contributed by atoms with Crippen LogP contribution in [-0.2, 0) is 23.9 Å². The molecule has 1 unspecified atom stereocenters. The van der Waals surface area contributed by atoms with Crippen LogP contribution in [0.5, 0.6) is 0 Å². The minimum Gasteiger partial charge on any atom is -0.379 e. The van der Waals surface area contributed by atoms with Crippen molar-refractivity contribution in [2.75, 3.05) is 39.4 Å². The largest absolute Gasteiger partial charge is 0.416 e. The second kappa shape index (κ2) is 8.77. The van der Waals surface area contributed by atoms with Crippen LogP contribution in [-0.4, -0.2) is 59.8 Å². The Morgan fingerprint density at radius 1 is 1.27 bits per heavy atom. The molecule has 0 saturated carbocycles. The zero-order chi connectivity index (χ0) is 21.1. The van der Waals surface area contributed by atoms with Crippen molar-refractivity contribution < 1.29 is 22.7 Å². The molecule has 2 aliphatic rings. The summed E-state index contributed by atoms with van der Waals surface area (Å²) in [6.07, 6.45) is -1.31. The van der Waals surface area contributed by atoms with Crippen LogP contribution in [0.3, 0.4) is 0 Å². The molecule has 1 aromatic heterocycles. The van der Waals surface area contributed by atoms with E-state index in [4.69, 9.17) is 4.74 Å². The molecule has 9 heteroatoms. The molecular weight excluding hydrogens is 397 g/mol. The molecule has 1 fully saturated rings. The Bertz CT molecular complexity index is 891. The highest BCUT2D eigenvalue weighted by Gasteiger charge is 2.31. The van der Waals surface area contributed by atoms with Gasteiger partial charge in [0.2, 0.25) is 0 Å². The number of nitrogens with one attached hydrogen (secondary N) is 1. The highest BCUT2D eigenvalue weighted by atomic mass is 19.4. The van der Waals surface area contributed by atoms with Crippen molar-refractivity contribution in [3.05, 3.63) is 53.1 Å². The number of morpholine rings is 1. The Kier molecular flexibility index (Phi) is 6.10. The normalized spacial score (nSPS) is 20.0. The van der Waals surface area contributed by atoms with E-state index < -0.39 is 11.7 Å². The summed E-state index contributed by atoms with van der Waals surface area (Å²) in [4.78, 5) is 19.1. The molecule has 0 aliphatic carbocycles. The van der Waals surface area contributed by atoms with Crippen LogP contribution in [0.1, 0.15) is 39.8 Å². The molecule has 3 heterocycles. The maximum atomic E-state index is 13.0. The van der Waals surface area contributed by atoms with E-state index in [2.05, 4.69) is 15.2 Å². The van der Waals surface area contributed by atoms with Crippen LogP contribution < -0.4 is 5.32 Å². The monoisotopic (exact) mass is 422 g/mol. The number of hydrogen-bond acceptors (Lipinski definition) is 4. The van der Waals surface area contributed by atoms with E-state index in [9.17, 15) is 18.0 Å². The van der Waals surface area contributed by atoms with Gasteiger partial charge in [-0.25, -0.2) is 4.98 Å².